The van der Waals surface area contributed by atoms with E-state index in [1.165, 1.54) is 0 Å². The van der Waals surface area contributed by atoms with E-state index in [0.717, 1.165) is 35.7 Å². The highest BCUT2D eigenvalue weighted by Gasteiger charge is 2.27. The molecule has 160 valence electrons. The number of benzene rings is 1. The predicted molar refractivity (Wildman–Crippen MR) is 115 cm³/mol. The average Bonchev–Trinajstić information content (AvgIpc) is 3.08. The van der Waals surface area contributed by atoms with Gasteiger partial charge in [0.05, 0.1) is 25.3 Å². The van der Waals surface area contributed by atoms with E-state index in [1.54, 1.807) is 0 Å². The molecule has 1 aromatic carbocycles. The first-order chi connectivity index (χ1) is 14.5. The highest BCUT2D eigenvalue weighted by Crippen LogP contribution is 2.22. The van der Waals surface area contributed by atoms with Crippen LogP contribution in [0.15, 0.2) is 36.4 Å². The van der Waals surface area contributed by atoms with E-state index in [2.05, 4.69) is 21.6 Å². The van der Waals surface area contributed by atoms with Crippen LogP contribution in [0.5, 0.6) is 0 Å². The summed E-state index contributed by atoms with van der Waals surface area (Å²) in [6, 6.07) is 12.1. The molecule has 0 radical (unpaired) electrons. The van der Waals surface area contributed by atoms with Crippen molar-refractivity contribution in [1.29, 1.82) is 0 Å². The van der Waals surface area contributed by atoms with Gasteiger partial charge in [-0.15, -0.1) is 0 Å². The Morgan fingerprint density at radius 3 is 2.23 bits per heavy atom. The van der Waals surface area contributed by atoms with Crippen molar-refractivity contribution in [3.8, 4) is 5.69 Å². The van der Waals surface area contributed by atoms with Crippen molar-refractivity contribution >= 4 is 11.8 Å². The zero-order valence-electron chi connectivity index (χ0n) is 17.8. The van der Waals surface area contributed by atoms with Crippen molar-refractivity contribution in [2.75, 3.05) is 59.0 Å². The number of hydrogen-bond acceptors (Lipinski definition) is 4. The van der Waals surface area contributed by atoms with Crippen molar-refractivity contribution in [1.82, 2.24) is 19.3 Å². The van der Waals surface area contributed by atoms with Gasteiger partial charge in [0.25, 0.3) is 5.91 Å². The molecule has 2 aliphatic heterocycles. The van der Waals surface area contributed by atoms with Crippen molar-refractivity contribution < 1.29 is 14.3 Å². The van der Waals surface area contributed by atoms with E-state index in [1.807, 2.05) is 47.9 Å². The minimum atomic E-state index is 0.0736. The van der Waals surface area contributed by atoms with Gasteiger partial charge in [-0.2, -0.15) is 0 Å². The van der Waals surface area contributed by atoms with Crippen LogP contribution in [-0.2, 0) is 9.53 Å². The van der Waals surface area contributed by atoms with Crippen LogP contribution in [0.25, 0.3) is 5.69 Å². The summed E-state index contributed by atoms with van der Waals surface area (Å²) in [5.74, 6) is 0.230. The number of nitrogens with zero attached hydrogens (tertiary/aromatic N) is 4. The number of carbonyl (C=O) groups is 2. The second-order valence-electron chi connectivity index (χ2n) is 8.02. The smallest absolute Gasteiger partial charge is 0.255 e. The fourth-order valence-electron chi connectivity index (χ4n) is 4.34. The van der Waals surface area contributed by atoms with Crippen LogP contribution >= 0.6 is 0 Å². The number of amides is 2. The van der Waals surface area contributed by atoms with Gasteiger partial charge in [-0.3, -0.25) is 14.5 Å². The van der Waals surface area contributed by atoms with Gasteiger partial charge >= 0.3 is 0 Å². The standard InChI is InChI=1S/C23H30N4O3/c1-18-16-21(19(2)27(18)20-6-4-3-5-7-20)23(29)26-10-8-24(9-11-26)17-22(28)25-12-14-30-15-13-25/h3-7,16H,8-15,17H2,1-2H3. The van der Waals surface area contributed by atoms with E-state index in [9.17, 15) is 9.59 Å². The maximum absolute atomic E-state index is 13.2. The Morgan fingerprint density at radius 2 is 1.57 bits per heavy atom. The van der Waals surface area contributed by atoms with Crippen LogP contribution in [-0.4, -0.2) is 90.1 Å². The second kappa shape index (κ2) is 9.02. The SMILES string of the molecule is Cc1cc(C(=O)N2CCN(CC(=O)N3CCOCC3)CC2)c(C)n1-c1ccccc1. The van der Waals surface area contributed by atoms with Crippen LogP contribution < -0.4 is 0 Å². The van der Waals surface area contributed by atoms with Crippen LogP contribution in [0.3, 0.4) is 0 Å². The molecule has 2 fully saturated rings. The predicted octanol–water partition coefficient (Wildman–Crippen LogP) is 1.71. The number of piperazine rings is 1. The second-order valence-corrected chi connectivity index (χ2v) is 8.02. The van der Waals surface area contributed by atoms with Gasteiger partial charge in [0.15, 0.2) is 0 Å². The summed E-state index contributed by atoms with van der Waals surface area (Å²) in [5, 5.41) is 0. The van der Waals surface area contributed by atoms with E-state index >= 15 is 0 Å². The lowest BCUT2D eigenvalue weighted by Gasteiger charge is -2.36. The number of carbonyl (C=O) groups excluding carboxylic acids is 2. The summed E-state index contributed by atoms with van der Waals surface area (Å²) in [6.45, 7) is 9.78. The van der Waals surface area contributed by atoms with E-state index in [4.69, 9.17) is 4.74 Å². The van der Waals surface area contributed by atoms with Gasteiger partial charge in [-0.05, 0) is 32.0 Å². The Kier molecular flexibility index (Phi) is 6.20. The third kappa shape index (κ3) is 4.27. The summed E-state index contributed by atoms with van der Waals surface area (Å²) >= 11 is 0. The highest BCUT2D eigenvalue weighted by molar-refractivity contribution is 5.96. The maximum Gasteiger partial charge on any atom is 0.255 e. The Bertz CT molecular complexity index is 895. The summed E-state index contributed by atoms with van der Waals surface area (Å²) in [4.78, 5) is 31.6. The summed E-state index contributed by atoms with van der Waals surface area (Å²) < 4.78 is 7.45. The lowest BCUT2D eigenvalue weighted by atomic mass is 10.2. The lowest BCUT2D eigenvalue weighted by Crippen LogP contribution is -2.52. The molecule has 0 saturated carbocycles. The first-order valence-corrected chi connectivity index (χ1v) is 10.7. The van der Waals surface area contributed by atoms with E-state index in [-0.39, 0.29) is 11.8 Å². The molecule has 1 aromatic heterocycles. The molecule has 3 heterocycles. The summed E-state index contributed by atoms with van der Waals surface area (Å²) in [6.07, 6.45) is 0. The van der Waals surface area contributed by atoms with Gasteiger partial charge < -0.3 is 19.1 Å². The molecule has 0 unspecified atom stereocenters. The third-order valence-electron chi connectivity index (χ3n) is 6.06. The van der Waals surface area contributed by atoms with Crippen LogP contribution in [0, 0.1) is 13.8 Å². The quantitative estimate of drug-likeness (QED) is 0.770. The molecule has 0 bridgehead atoms. The molecular formula is C23H30N4O3. The van der Waals surface area contributed by atoms with Crippen LogP contribution in [0.2, 0.25) is 0 Å². The van der Waals surface area contributed by atoms with E-state index < -0.39 is 0 Å². The fourth-order valence-corrected chi connectivity index (χ4v) is 4.34. The Morgan fingerprint density at radius 1 is 0.900 bits per heavy atom. The van der Waals surface area contributed by atoms with Crippen molar-refractivity contribution in [2.24, 2.45) is 0 Å². The highest BCUT2D eigenvalue weighted by atomic mass is 16.5. The number of aromatic nitrogens is 1. The van der Waals surface area contributed by atoms with Crippen LogP contribution in [0.1, 0.15) is 21.7 Å². The number of aryl methyl sites for hydroxylation is 1. The van der Waals surface area contributed by atoms with E-state index in [0.29, 0.717) is 45.9 Å². The monoisotopic (exact) mass is 410 g/mol. The van der Waals surface area contributed by atoms with Crippen molar-refractivity contribution in [3.05, 3.63) is 53.3 Å². The lowest BCUT2D eigenvalue weighted by molar-refractivity contribution is -0.136. The number of rotatable bonds is 4. The van der Waals surface area contributed by atoms with Gasteiger partial charge in [0, 0.05) is 56.3 Å². The number of morpholine rings is 1. The third-order valence-corrected chi connectivity index (χ3v) is 6.06. The average molecular weight is 411 g/mol. The largest absolute Gasteiger partial charge is 0.378 e. The van der Waals surface area contributed by atoms with Gasteiger partial charge in [-0.25, -0.2) is 0 Å². The van der Waals surface area contributed by atoms with Gasteiger partial charge in [0.2, 0.25) is 5.91 Å². The molecule has 0 atom stereocenters. The minimum absolute atomic E-state index is 0.0736. The normalized spacial score (nSPS) is 17.9. The first kappa shape index (κ1) is 20.6. The number of para-hydroxylation sites is 1. The first-order valence-electron chi connectivity index (χ1n) is 10.7. The zero-order chi connectivity index (χ0) is 21.1. The minimum Gasteiger partial charge on any atom is -0.378 e. The molecule has 7 heteroatoms. The molecular weight excluding hydrogens is 380 g/mol. The molecule has 0 spiro atoms. The van der Waals surface area contributed by atoms with Crippen LogP contribution in [0.4, 0.5) is 0 Å². The molecule has 4 rings (SSSR count). The number of ether oxygens (including phenoxy) is 1. The molecule has 30 heavy (non-hydrogen) atoms. The Hall–Kier alpha value is -2.64. The molecule has 2 aliphatic rings. The summed E-state index contributed by atoms with van der Waals surface area (Å²) in [5.41, 5.74) is 3.85. The van der Waals surface area contributed by atoms with Crippen molar-refractivity contribution in [2.45, 2.75) is 13.8 Å². The Labute approximate surface area is 177 Å². The number of hydrogen-bond donors (Lipinski definition) is 0. The molecule has 7 nitrogen and oxygen atoms in total. The molecule has 2 saturated heterocycles. The molecule has 0 aliphatic carbocycles. The fraction of sp³-hybridized carbons (Fsp3) is 0.478. The zero-order valence-corrected chi connectivity index (χ0v) is 17.8. The van der Waals surface area contributed by atoms with Gasteiger partial charge in [-0.1, -0.05) is 18.2 Å². The summed E-state index contributed by atoms with van der Waals surface area (Å²) in [7, 11) is 0. The van der Waals surface area contributed by atoms with Crippen molar-refractivity contribution in [3.63, 3.8) is 0 Å². The molecule has 0 N–H and O–H groups in total. The maximum atomic E-state index is 13.2. The molecule has 2 aromatic rings. The van der Waals surface area contributed by atoms with Gasteiger partial charge in [0.1, 0.15) is 0 Å². The molecule has 2 amide bonds. The Balaban J connectivity index is 1.37. The topological polar surface area (TPSA) is 58.0 Å².